The maximum atomic E-state index is 13.5. The summed E-state index contributed by atoms with van der Waals surface area (Å²) >= 11 is 0. The van der Waals surface area contributed by atoms with Crippen molar-refractivity contribution in [3.8, 4) is 22.4 Å². The molecule has 2 aliphatic heterocycles. The Morgan fingerprint density at radius 1 is 1.07 bits per heavy atom. The molecule has 6 rings (SSSR count). The molecular weight excluding hydrogens is 543 g/mol. The zero-order valence-corrected chi connectivity index (χ0v) is 26.1. The van der Waals surface area contributed by atoms with E-state index in [4.69, 9.17) is 19.0 Å². The Labute approximate surface area is 253 Å². The van der Waals surface area contributed by atoms with Gasteiger partial charge in [0.25, 0.3) is 0 Å². The molecule has 2 atom stereocenters. The molecule has 0 radical (unpaired) electrons. The molecule has 3 heterocycles. The molecule has 43 heavy (non-hydrogen) atoms. The molecule has 0 bridgehead atoms. The quantitative estimate of drug-likeness (QED) is 0.310. The summed E-state index contributed by atoms with van der Waals surface area (Å²) in [6, 6.07) is 12.2. The highest BCUT2D eigenvalue weighted by atomic mass is 16.7. The van der Waals surface area contributed by atoms with E-state index in [0.29, 0.717) is 6.54 Å². The molecule has 226 valence electrons. The second-order valence-electron chi connectivity index (χ2n) is 13.3. The monoisotopic (exact) mass is 584 g/mol. The van der Waals surface area contributed by atoms with Gasteiger partial charge in [0, 0.05) is 6.54 Å². The molecular formula is C33H41BN4O5. The predicted molar refractivity (Wildman–Crippen MR) is 166 cm³/mol. The van der Waals surface area contributed by atoms with Crippen molar-refractivity contribution in [2.75, 3.05) is 13.7 Å². The number of likely N-dealkylation sites (tertiary alicyclic amines) is 1. The lowest BCUT2D eigenvalue weighted by molar-refractivity contribution is -0.135. The Hall–Kier alpha value is -3.63. The van der Waals surface area contributed by atoms with E-state index in [0.717, 1.165) is 41.8 Å². The summed E-state index contributed by atoms with van der Waals surface area (Å²) < 4.78 is 17.3. The number of aromatic nitrogens is 2. The van der Waals surface area contributed by atoms with Gasteiger partial charge in [-0.1, -0.05) is 44.2 Å². The predicted octanol–water partition coefficient (Wildman–Crippen LogP) is 4.99. The van der Waals surface area contributed by atoms with Crippen molar-refractivity contribution in [2.45, 2.75) is 84.1 Å². The number of methoxy groups -OCH3 is 1. The first-order chi connectivity index (χ1) is 20.4. The zero-order chi connectivity index (χ0) is 30.7. The number of rotatable bonds is 6. The van der Waals surface area contributed by atoms with Crippen molar-refractivity contribution in [3.63, 3.8) is 0 Å². The molecule has 2 fully saturated rings. The number of alkyl carbamates (subject to hydrolysis) is 1. The van der Waals surface area contributed by atoms with Gasteiger partial charge in [-0.2, -0.15) is 0 Å². The fourth-order valence-electron chi connectivity index (χ4n) is 6.37. The van der Waals surface area contributed by atoms with Crippen LogP contribution in [-0.2, 0) is 25.3 Å². The van der Waals surface area contributed by atoms with Gasteiger partial charge in [0.05, 0.1) is 36.2 Å². The molecule has 2 aromatic carbocycles. The van der Waals surface area contributed by atoms with E-state index in [1.165, 1.54) is 29.4 Å². The fraction of sp³-hybridized carbons (Fsp3) is 0.485. The number of imidazole rings is 1. The highest BCUT2D eigenvalue weighted by molar-refractivity contribution is 6.62. The van der Waals surface area contributed by atoms with Crippen molar-refractivity contribution in [1.29, 1.82) is 0 Å². The largest absolute Gasteiger partial charge is 0.494 e. The molecule has 1 aromatic heterocycles. The first-order valence-corrected chi connectivity index (χ1v) is 15.2. The van der Waals surface area contributed by atoms with Crippen LogP contribution in [0.5, 0.6) is 0 Å². The van der Waals surface area contributed by atoms with Gasteiger partial charge in [0.1, 0.15) is 11.9 Å². The Bertz CT molecular complexity index is 1550. The van der Waals surface area contributed by atoms with Crippen LogP contribution in [0.4, 0.5) is 4.79 Å². The van der Waals surface area contributed by atoms with Crippen LogP contribution < -0.4 is 10.8 Å². The summed E-state index contributed by atoms with van der Waals surface area (Å²) in [6.07, 6.45) is 3.77. The molecule has 3 aliphatic rings. The number of nitrogens with zero attached hydrogens (tertiary/aromatic N) is 2. The number of amides is 2. The van der Waals surface area contributed by atoms with Crippen LogP contribution in [0, 0.1) is 5.92 Å². The van der Waals surface area contributed by atoms with Gasteiger partial charge in [-0.15, -0.1) is 0 Å². The topological polar surface area (TPSA) is 106 Å². The van der Waals surface area contributed by atoms with E-state index in [1.54, 1.807) is 0 Å². The standard InChI is InChI=1S/C33H41BN4O5/c1-19(2)28(37-31(40)41-7)30(39)38-14-8-9-27(38)29-35-18-26(36-29)20-10-12-24-21(15-20)16-22-17-23(11-13-25(22)24)34-42-32(3,4)33(5,6)43-34/h10-13,15,17-19,27-28H,8-9,14,16H2,1-7H3,(H,35,36)(H,37,40)/t27-,28?/m0/s1. The molecule has 1 aliphatic carbocycles. The number of hydrogen-bond acceptors (Lipinski definition) is 6. The number of fused-ring (bicyclic) bond motifs is 3. The minimum atomic E-state index is -0.661. The minimum absolute atomic E-state index is 0.0801. The number of hydrogen-bond donors (Lipinski definition) is 2. The third kappa shape index (κ3) is 5.25. The van der Waals surface area contributed by atoms with Crippen molar-refractivity contribution in [2.24, 2.45) is 5.92 Å². The van der Waals surface area contributed by atoms with Gasteiger partial charge in [-0.05, 0) is 92.2 Å². The Morgan fingerprint density at radius 2 is 1.74 bits per heavy atom. The van der Waals surface area contributed by atoms with Gasteiger partial charge in [0.2, 0.25) is 5.91 Å². The molecule has 1 unspecified atom stereocenters. The Morgan fingerprint density at radius 3 is 2.42 bits per heavy atom. The number of ether oxygens (including phenoxy) is 1. The summed E-state index contributed by atoms with van der Waals surface area (Å²) in [4.78, 5) is 35.4. The van der Waals surface area contributed by atoms with Crippen LogP contribution in [0.2, 0.25) is 0 Å². The maximum absolute atomic E-state index is 13.5. The summed E-state index contributed by atoms with van der Waals surface area (Å²) in [6.45, 7) is 12.8. The smallest absolute Gasteiger partial charge is 0.453 e. The number of H-pyrrole nitrogens is 1. The first-order valence-electron chi connectivity index (χ1n) is 15.2. The SMILES string of the molecule is COC(=O)NC(C(=O)N1CCC[C@H]1c1ncc(-c2ccc3c(c2)Cc2cc(B4OC(C)(C)C(C)(C)O4)ccc2-3)[nH]1)C(C)C. The van der Waals surface area contributed by atoms with E-state index < -0.39 is 12.1 Å². The first kappa shape index (κ1) is 29.4. The van der Waals surface area contributed by atoms with E-state index >= 15 is 0 Å². The number of aromatic amines is 1. The van der Waals surface area contributed by atoms with Gasteiger partial charge in [0.15, 0.2) is 0 Å². The number of benzene rings is 2. The normalized spacial score (nSPS) is 20.7. The Balaban J connectivity index is 1.19. The van der Waals surface area contributed by atoms with Crippen molar-refractivity contribution in [3.05, 3.63) is 59.5 Å². The molecule has 3 aromatic rings. The van der Waals surface area contributed by atoms with Crippen LogP contribution in [-0.4, -0.2) is 64.9 Å². The van der Waals surface area contributed by atoms with Crippen molar-refractivity contribution >= 4 is 24.6 Å². The summed E-state index contributed by atoms with van der Waals surface area (Å²) in [5.41, 5.74) is 7.27. The van der Waals surface area contributed by atoms with E-state index in [9.17, 15) is 9.59 Å². The lowest BCUT2D eigenvalue weighted by Crippen LogP contribution is -2.51. The average molecular weight is 585 g/mol. The number of nitrogens with one attached hydrogen (secondary N) is 2. The zero-order valence-electron chi connectivity index (χ0n) is 26.1. The number of carbonyl (C=O) groups is 2. The molecule has 0 spiro atoms. The lowest BCUT2D eigenvalue weighted by atomic mass is 9.78. The van der Waals surface area contributed by atoms with E-state index in [-0.39, 0.29) is 36.2 Å². The van der Waals surface area contributed by atoms with Gasteiger partial charge in [-0.25, -0.2) is 9.78 Å². The third-order valence-corrected chi connectivity index (χ3v) is 9.58. The second-order valence-corrected chi connectivity index (χ2v) is 13.3. The average Bonchev–Trinajstić information content (AvgIpc) is 3.74. The van der Waals surface area contributed by atoms with Crippen LogP contribution in [0.1, 0.15) is 77.4 Å². The van der Waals surface area contributed by atoms with Gasteiger partial charge >= 0.3 is 13.2 Å². The third-order valence-electron chi connectivity index (χ3n) is 9.58. The van der Waals surface area contributed by atoms with Crippen LogP contribution in [0.25, 0.3) is 22.4 Å². The van der Waals surface area contributed by atoms with E-state index in [2.05, 4.69) is 74.4 Å². The Kier molecular flexibility index (Phi) is 7.41. The number of carbonyl (C=O) groups excluding carboxylic acids is 2. The molecule has 10 heteroatoms. The van der Waals surface area contributed by atoms with E-state index in [1.807, 2.05) is 24.9 Å². The molecule has 2 amide bonds. The minimum Gasteiger partial charge on any atom is -0.453 e. The van der Waals surface area contributed by atoms with Crippen LogP contribution in [0.15, 0.2) is 42.6 Å². The van der Waals surface area contributed by atoms with Gasteiger partial charge in [-0.3, -0.25) is 4.79 Å². The van der Waals surface area contributed by atoms with Gasteiger partial charge < -0.3 is 29.2 Å². The van der Waals surface area contributed by atoms with Crippen LogP contribution >= 0.6 is 0 Å². The molecule has 2 saturated heterocycles. The fourth-order valence-corrected chi connectivity index (χ4v) is 6.37. The molecule has 9 nitrogen and oxygen atoms in total. The highest BCUT2D eigenvalue weighted by Crippen LogP contribution is 2.40. The molecule has 0 saturated carbocycles. The van der Waals surface area contributed by atoms with Crippen LogP contribution in [0.3, 0.4) is 0 Å². The summed E-state index contributed by atoms with van der Waals surface area (Å²) in [5, 5.41) is 2.71. The summed E-state index contributed by atoms with van der Waals surface area (Å²) in [5.74, 6) is 0.567. The maximum Gasteiger partial charge on any atom is 0.494 e. The van der Waals surface area contributed by atoms with Crippen molar-refractivity contribution in [1.82, 2.24) is 20.2 Å². The second kappa shape index (κ2) is 10.8. The van der Waals surface area contributed by atoms with Crippen molar-refractivity contribution < 1.29 is 23.6 Å². The molecule has 2 N–H and O–H groups in total. The lowest BCUT2D eigenvalue weighted by Gasteiger charge is -2.32. The highest BCUT2D eigenvalue weighted by Gasteiger charge is 2.51. The summed E-state index contributed by atoms with van der Waals surface area (Å²) in [7, 11) is 0.920.